The number of carbonyl (C=O) groups is 2. The minimum Gasteiger partial charge on any atom is -0.457 e. The first-order valence-electron chi connectivity index (χ1n) is 7.02. The zero-order valence-electron chi connectivity index (χ0n) is 13.0. The van der Waals surface area contributed by atoms with Crippen molar-refractivity contribution in [3.05, 3.63) is 59.2 Å². The normalized spacial score (nSPS) is 12.0. The third-order valence-corrected chi connectivity index (χ3v) is 4.41. The number of hydrogen-bond donors (Lipinski definition) is 0. The van der Waals surface area contributed by atoms with Gasteiger partial charge in [-0.25, -0.2) is 0 Å². The highest BCUT2D eigenvalue weighted by Crippen LogP contribution is 2.40. The molecule has 0 saturated carbocycles. The topological polar surface area (TPSA) is 43.4 Å². The number of rotatable bonds is 4. The van der Waals surface area contributed by atoms with E-state index in [1.165, 1.54) is 19.1 Å². The summed E-state index contributed by atoms with van der Waals surface area (Å²) in [6.45, 7) is 1.48. The van der Waals surface area contributed by atoms with Gasteiger partial charge in [-0.3, -0.25) is 9.59 Å². The Morgan fingerprint density at radius 3 is 1.85 bits per heavy atom. The highest BCUT2D eigenvalue weighted by molar-refractivity contribution is 6.78. The maximum atomic E-state index is 12.6. The standard InChI is InChI=1S/C17H10Cl6O3/c1-9-11(14(24)16(18,19)20)7-8-12(13(9)15(25)17(21,22)23)26-10-5-3-2-4-6-10/h2-8H,1H3. The lowest BCUT2D eigenvalue weighted by Gasteiger charge is -2.19. The lowest BCUT2D eigenvalue weighted by atomic mass is 9.96. The van der Waals surface area contributed by atoms with E-state index in [1.807, 2.05) is 0 Å². The van der Waals surface area contributed by atoms with E-state index >= 15 is 0 Å². The monoisotopic (exact) mass is 472 g/mol. The van der Waals surface area contributed by atoms with Crippen LogP contribution in [0.1, 0.15) is 26.3 Å². The van der Waals surface area contributed by atoms with Crippen LogP contribution >= 0.6 is 69.6 Å². The molecule has 0 heterocycles. The van der Waals surface area contributed by atoms with Crippen molar-refractivity contribution < 1.29 is 14.3 Å². The number of ketones is 2. The second-order valence-corrected chi connectivity index (χ2v) is 9.74. The van der Waals surface area contributed by atoms with Gasteiger partial charge in [0.2, 0.25) is 11.6 Å². The summed E-state index contributed by atoms with van der Waals surface area (Å²) >= 11 is 34.3. The molecule has 0 spiro atoms. The molecule has 2 rings (SSSR count). The van der Waals surface area contributed by atoms with E-state index in [-0.39, 0.29) is 22.4 Å². The predicted octanol–water partition coefficient (Wildman–Crippen LogP) is 6.89. The molecule has 0 aliphatic rings. The average Bonchev–Trinajstić information content (AvgIpc) is 2.53. The molecule has 2 aromatic rings. The molecule has 0 amide bonds. The SMILES string of the molecule is Cc1c(C(=O)C(Cl)(Cl)Cl)ccc(Oc2ccccc2)c1C(=O)C(Cl)(Cl)Cl. The van der Waals surface area contributed by atoms with E-state index in [0.29, 0.717) is 5.75 Å². The van der Waals surface area contributed by atoms with Gasteiger partial charge in [-0.05, 0) is 36.8 Å². The Kier molecular flexibility index (Phi) is 6.76. The number of para-hydroxylation sites is 1. The molecule has 9 heteroatoms. The minimum absolute atomic E-state index is 0.00279. The van der Waals surface area contributed by atoms with Crippen LogP contribution in [-0.2, 0) is 0 Å². The molecule has 0 aliphatic carbocycles. The Morgan fingerprint density at radius 1 is 0.808 bits per heavy atom. The van der Waals surface area contributed by atoms with E-state index in [4.69, 9.17) is 74.3 Å². The van der Waals surface area contributed by atoms with Crippen molar-refractivity contribution in [2.75, 3.05) is 0 Å². The first kappa shape index (κ1) is 21.6. The maximum absolute atomic E-state index is 12.6. The van der Waals surface area contributed by atoms with Gasteiger partial charge in [-0.1, -0.05) is 87.8 Å². The van der Waals surface area contributed by atoms with Gasteiger partial charge in [0.15, 0.2) is 0 Å². The van der Waals surface area contributed by atoms with Gasteiger partial charge in [-0.15, -0.1) is 0 Å². The summed E-state index contributed by atoms with van der Waals surface area (Å²) < 4.78 is 1.26. The third kappa shape index (κ3) is 4.98. The lowest BCUT2D eigenvalue weighted by Crippen LogP contribution is -2.24. The molecule has 3 nitrogen and oxygen atoms in total. The number of ether oxygens (including phenoxy) is 1. The largest absolute Gasteiger partial charge is 0.457 e. The molecule has 0 saturated heterocycles. The fourth-order valence-corrected chi connectivity index (χ4v) is 2.80. The Morgan fingerprint density at radius 2 is 1.35 bits per heavy atom. The highest BCUT2D eigenvalue weighted by Gasteiger charge is 2.38. The molecule has 0 atom stereocenters. The fraction of sp³-hybridized carbons (Fsp3) is 0.176. The Balaban J connectivity index is 2.64. The van der Waals surface area contributed by atoms with Crippen LogP contribution in [0.25, 0.3) is 0 Å². The van der Waals surface area contributed by atoms with Crippen molar-refractivity contribution >= 4 is 81.2 Å². The quantitative estimate of drug-likeness (QED) is 0.358. The van der Waals surface area contributed by atoms with E-state index < -0.39 is 19.2 Å². The second-order valence-electron chi connectivity index (χ2n) is 5.18. The van der Waals surface area contributed by atoms with Crippen molar-refractivity contribution in [3.8, 4) is 11.5 Å². The Hall–Kier alpha value is -0.680. The number of hydrogen-bond acceptors (Lipinski definition) is 3. The summed E-state index contributed by atoms with van der Waals surface area (Å²) in [6, 6.07) is 11.4. The van der Waals surface area contributed by atoms with Gasteiger partial charge in [-0.2, -0.15) is 0 Å². The van der Waals surface area contributed by atoms with Crippen LogP contribution in [-0.4, -0.2) is 19.2 Å². The molecule has 0 aliphatic heterocycles. The van der Waals surface area contributed by atoms with Gasteiger partial charge < -0.3 is 4.74 Å². The Labute approximate surface area is 180 Å². The molecule has 2 aromatic carbocycles. The smallest absolute Gasteiger partial charge is 0.253 e. The first-order valence-corrected chi connectivity index (χ1v) is 9.29. The molecule has 0 N–H and O–H groups in total. The number of carbonyl (C=O) groups excluding carboxylic acids is 2. The van der Waals surface area contributed by atoms with Gasteiger partial charge in [0.1, 0.15) is 11.5 Å². The summed E-state index contributed by atoms with van der Waals surface area (Å²) in [6.07, 6.45) is 0. The predicted molar refractivity (Wildman–Crippen MR) is 107 cm³/mol. The van der Waals surface area contributed by atoms with Gasteiger partial charge in [0.05, 0.1) is 5.56 Å². The summed E-state index contributed by atoms with van der Waals surface area (Å²) in [5.41, 5.74) is 0.0862. The summed E-state index contributed by atoms with van der Waals surface area (Å²) in [4.78, 5) is 25.0. The summed E-state index contributed by atoms with van der Waals surface area (Å²) in [7, 11) is 0. The molecule has 0 unspecified atom stereocenters. The zero-order valence-corrected chi connectivity index (χ0v) is 17.6. The number of alkyl halides is 6. The van der Waals surface area contributed by atoms with Crippen molar-refractivity contribution in [3.63, 3.8) is 0 Å². The molecule has 0 aromatic heterocycles. The van der Waals surface area contributed by atoms with Crippen LogP contribution < -0.4 is 4.74 Å². The molecular weight excluding hydrogens is 465 g/mol. The summed E-state index contributed by atoms with van der Waals surface area (Å²) in [5.74, 6) is -1.13. The van der Waals surface area contributed by atoms with Crippen LogP contribution in [0.15, 0.2) is 42.5 Å². The fourth-order valence-electron chi connectivity index (χ4n) is 2.21. The van der Waals surface area contributed by atoms with E-state index in [2.05, 4.69) is 0 Å². The van der Waals surface area contributed by atoms with Crippen LogP contribution in [0.3, 0.4) is 0 Å². The number of benzene rings is 2. The number of halogens is 6. The number of Topliss-reactive ketones (excluding diaryl/α,β-unsaturated/α-hetero) is 2. The second kappa shape index (κ2) is 8.14. The summed E-state index contributed by atoms with van der Waals surface area (Å²) in [5, 5.41) is 0. The van der Waals surface area contributed by atoms with E-state index in [1.54, 1.807) is 30.3 Å². The third-order valence-electron chi connectivity index (χ3n) is 3.38. The van der Waals surface area contributed by atoms with Gasteiger partial charge >= 0.3 is 0 Å². The molecule has 0 fully saturated rings. The molecule has 26 heavy (non-hydrogen) atoms. The maximum Gasteiger partial charge on any atom is 0.253 e. The minimum atomic E-state index is -2.26. The van der Waals surface area contributed by atoms with Crippen LogP contribution in [0.4, 0.5) is 0 Å². The van der Waals surface area contributed by atoms with Crippen molar-refractivity contribution in [1.82, 2.24) is 0 Å². The molecule has 138 valence electrons. The van der Waals surface area contributed by atoms with Crippen LogP contribution in [0.2, 0.25) is 0 Å². The van der Waals surface area contributed by atoms with Crippen LogP contribution in [0.5, 0.6) is 11.5 Å². The van der Waals surface area contributed by atoms with Crippen molar-refractivity contribution in [2.24, 2.45) is 0 Å². The molecular formula is C17H10Cl6O3. The van der Waals surface area contributed by atoms with Crippen LogP contribution in [0, 0.1) is 6.92 Å². The van der Waals surface area contributed by atoms with E-state index in [9.17, 15) is 9.59 Å². The highest BCUT2D eigenvalue weighted by atomic mass is 35.6. The first-order chi connectivity index (χ1) is 11.9. The van der Waals surface area contributed by atoms with E-state index in [0.717, 1.165) is 0 Å². The average molecular weight is 475 g/mol. The van der Waals surface area contributed by atoms with Crippen molar-refractivity contribution in [1.29, 1.82) is 0 Å². The van der Waals surface area contributed by atoms with Gasteiger partial charge in [0, 0.05) is 5.56 Å². The van der Waals surface area contributed by atoms with Crippen molar-refractivity contribution in [2.45, 2.75) is 14.5 Å². The molecule has 0 radical (unpaired) electrons. The van der Waals surface area contributed by atoms with Gasteiger partial charge in [0.25, 0.3) is 7.59 Å². The zero-order chi connectivity index (χ0) is 19.7. The molecule has 0 bridgehead atoms. The lowest BCUT2D eigenvalue weighted by molar-refractivity contribution is 0.0993. The Bertz CT molecular complexity index is 838.